The topological polar surface area (TPSA) is 72.2 Å². The van der Waals surface area contributed by atoms with Crippen molar-refractivity contribution < 1.29 is 18.5 Å². The van der Waals surface area contributed by atoms with Gasteiger partial charge in [-0.15, -0.1) is 0 Å². The largest absolute Gasteiger partial charge is 0.323 e. The van der Waals surface area contributed by atoms with Crippen LogP contribution in [0.15, 0.2) is 42.5 Å². The highest BCUT2D eigenvalue weighted by atomic mass is 19.1. The van der Waals surface area contributed by atoms with Gasteiger partial charge in [0.15, 0.2) is 0 Å². The van der Waals surface area contributed by atoms with Gasteiger partial charge >= 0.3 is 0 Å². The maximum atomic E-state index is 13.4. The first-order valence-corrected chi connectivity index (χ1v) is 5.94. The summed E-state index contributed by atoms with van der Waals surface area (Å²) >= 11 is 0. The Morgan fingerprint density at radius 2 is 1.90 bits per heavy atom. The molecular weight excluding hydrogens is 282 g/mol. The lowest BCUT2D eigenvalue weighted by Crippen LogP contribution is -2.16. The van der Waals surface area contributed by atoms with Crippen LogP contribution in [0.4, 0.5) is 20.2 Å². The molecule has 2 aromatic carbocycles. The lowest BCUT2D eigenvalue weighted by atomic mass is 10.1. The van der Waals surface area contributed by atoms with Gasteiger partial charge in [-0.3, -0.25) is 14.9 Å². The number of anilines is 1. The van der Waals surface area contributed by atoms with Crippen molar-refractivity contribution >= 4 is 17.3 Å². The van der Waals surface area contributed by atoms with Crippen LogP contribution in [-0.4, -0.2) is 10.8 Å². The van der Waals surface area contributed by atoms with Gasteiger partial charge in [0.05, 0.1) is 17.0 Å². The second kappa shape index (κ2) is 6.08. The van der Waals surface area contributed by atoms with Crippen molar-refractivity contribution in [2.24, 2.45) is 0 Å². The molecule has 5 nitrogen and oxygen atoms in total. The third-order valence-electron chi connectivity index (χ3n) is 2.74. The van der Waals surface area contributed by atoms with Crippen molar-refractivity contribution in [3.63, 3.8) is 0 Å². The van der Waals surface area contributed by atoms with Gasteiger partial charge in [0.1, 0.15) is 11.6 Å². The van der Waals surface area contributed by atoms with E-state index in [1.54, 1.807) is 6.07 Å². The summed E-state index contributed by atoms with van der Waals surface area (Å²) in [6, 6.07) is 8.38. The molecule has 0 bridgehead atoms. The number of halogens is 2. The standard InChI is InChI=1S/C14H10F2N2O3/c15-10-5-6-11(16)12(8-10)17-14(19)7-9-3-1-2-4-13(9)18(20)21/h1-6,8H,7H2,(H,17,19). The SMILES string of the molecule is O=C(Cc1ccccc1[N+](=O)[O-])Nc1cc(F)ccc1F. The first kappa shape index (κ1) is 14.6. The Balaban J connectivity index is 2.16. The molecule has 0 heterocycles. The average molecular weight is 292 g/mol. The molecule has 0 aliphatic heterocycles. The Morgan fingerprint density at radius 3 is 2.62 bits per heavy atom. The van der Waals surface area contributed by atoms with E-state index in [2.05, 4.69) is 5.32 Å². The lowest BCUT2D eigenvalue weighted by molar-refractivity contribution is -0.385. The van der Waals surface area contributed by atoms with Crippen LogP contribution in [0.2, 0.25) is 0 Å². The summed E-state index contributed by atoms with van der Waals surface area (Å²) in [6.45, 7) is 0. The number of nitro groups is 1. The van der Waals surface area contributed by atoms with Crippen LogP contribution in [-0.2, 0) is 11.2 Å². The third-order valence-corrected chi connectivity index (χ3v) is 2.74. The van der Waals surface area contributed by atoms with Crippen LogP contribution in [0.5, 0.6) is 0 Å². The number of carbonyl (C=O) groups is 1. The number of rotatable bonds is 4. The van der Waals surface area contributed by atoms with E-state index in [0.29, 0.717) is 0 Å². The zero-order chi connectivity index (χ0) is 15.4. The van der Waals surface area contributed by atoms with Crippen LogP contribution in [0.3, 0.4) is 0 Å². The summed E-state index contributed by atoms with van der Waals surface area (Å²) in [5.74, 6) is -2.15. The number of amides is 1. The Kier molecular flexibility index (Phi) is 4.22. The number of carbonyl (C=O) groups excluding carboxylic acids is 1. The summed E-state index contributed by atoms with van der Waals surface area (Å²) in [4.78, 5) is 22.0. The van der Waals surface area contributed by atoms with Crippen molar-refractivity contribution in [3.8, 4) is 0 Å². The molecule has 21 heavy (non-hydrogen) atoms. The first-order valence-electron chi connectivity index (χ1n) is 5.94. The third kappa shape index (κ3) is 3.59. The van der Waals surface area contributed by atoms with E-state index in [1.165, 1.54) is 18.2 Å². The van der Waals surface area contributed by atoms with Crippen LogP contribution in [0, 0.1) is 21.7 Å². The molecule has 0 aliphatic carbocycles. The molecule has 1 amide bonds. The summed E-state index contributed by atoms with van der Waals surface area (Å²) in [5.41, 5.74) is -0.317. The predicted molar refractivity (Wildman–Crippen MR) is 71.8 cm³/mol. The molecule has 2 aromatic rings. The second-order valence-electron chi connectivity index (χ2n) is 4.23. The molecule has 0 radical (unpaired) electrons. The Morgan fingerprint density at radius 1 is 1.19 bits per heavy atom. The molecule has 2 rings (SSSR count). The number of nitrogens with zero attached hydrogens (tertiary/aromatic N) is 1. The van der Waals surface area contributed by atoms with Crippen LogP contribution in [0.1, 0.15) is 5.56 Å². The van der Waals surface area contributed by atoms with Gasteiger partial charge in [-0.1, -0.05) is 18.2 Å². The van der Waals surface area contributed by atoms with E-state index in [9.17, 15) is 23.7 Å². The molecule has 0 aliphatic rings. The minimum Gasteiger partial charge on any atom is -0.323 e. The fourth-order valence-corrected chi connectivity index (χ4v) is 1.80. The lowest BCUT2D eigenvalue weighted by Gasteiger charge is -2.07. The van der Waals surface area contributed by atoms with Gasteiger partial charge in [0.25, 0.3) is 5.69 Å². The summed E-state index contributed by atoms with van der Waals surface area (Å²) in [5, 5.41) is 13.0. The highest BCUT2D eigenvalue weighted by Crippen LogP contribution is 2.20. The van der Waals surface area contributed by atoms with E-state index < -0.39 is 22.5 Å². The normalized spacial score (nSPS) is 10.2. The fraction of sp³-hybridized carbons (Fsp3) is 0.0714. The Labute approximate surface area is 118 Å². The van der Waals surface area contributed by atoms with E-state index >= 15 is 0 Å². The molecule has 0 unspecified atom stereocenters. The van der Waals surface area contributed by atoms with Gasteiger partial charge in [-0.05, 0) is 12.1 Å². The number of benzene rings is 2. The van der Waals surface area contributed by atoms with Crippen LogP contribution < -0.4 is 5.32 Å². The van der Waals surface area contributed by atoms with Gasteiger partial charge in [0.2, 0.25) is 5.91 Å². The van der Waals surface area contributed by atoms with Crippen LogP contribution >= 0.6 is 0 Å². The molecule has 0 fully saturated rings. The maximum Gasteiger partial charge on any atom is 0.273 e. The number of hydrogen-bond acceptors (Lipinski definition) is 3. The average Bonchev–Trinajstić information content (AvgIpc) is 2.43. The Bertz CT molecular complexity index is 704. The molecule has 7 heteroatoms. The Hall–Kier alpha value is -2.83. The summed E-state index contributed by atoms with van der Waals surface area (Å²) in [7, 11) is 0. The van der Waals surface area contributed by atoms with Crippen LogP contribution in [0.25, 0.3) is 0 Å². The van der Waals surface area contributed by atoms with Gasteiger partial charge < -0.3 is 5.32 Å². The van der Waals surface area contributed by atoms with Gasteiger partial charge in [-0.25, -0.2) is 8.78 Å². The minimum absolute atomic E-state index is 0.191. The molecule has 0 saturated heterocycles. The van der Waals surface area contributed by atoms with E-state index in [0.717, 1.165) is 18.2 Å². The van der Waals surface area contributed by atoms with Gasteiger partial charge in [-0.2, -0.15) is 0 Å². The fourth-order valence-electron chi connectivity index (χ4n) is 1.80. The number of nitro benzene ring substituents is 1. The van der Waals surface area contributed by atoms with E-state index in [-0.39, 0.29) is 23.4 Å². The molecule has 108 valence electrons. The molecule has 0 saturated carbocycles. The minimum atomic E-state index is -0.785. The molecule has 0 aromatic heterocycles. The number of nitrogens with one attached hydrogen (secondary N) is 1. The van der Waals surface area contributed by atoms with Gasteiger partial charge in [0, 0.05) is 17.7 Å². The van der Waals surface area contributed by atoms with Crippen molar-refractivity contribution in [1.82, 2.24) is 0 Å². The van der Waals surface area contributed by atoms with Crippen molar-refractivity contribution in [2.45, 2.75) is 6.42 Å². The van der Waals surface area contributed by atoms with Crippen molar-refractivity contribution in [3.05, 3.63) is 69.8 Å². The van der Waals surface area contributed by atoms with E-state index in [1.807, 2.05) is 0 Å². The highest BCUT2D eigenvalue weighted by molar-refractivity contribution is 5.92. The summed E-state index contributed by atoms with van der Waals surface area (Å²) in [6.07, 6.45) is -0.312. The smallest absolute Gasteiger partial charge is 0.273 e. The molecule has 1 N–H and O–H groups in total. The highest BCUT2D eigenvalue weighted by Gasteiger charge is 2.16. The van der Waals surface area contributed by atoms with Crippen molar-refractivity contribution in [2.75, 3.05) is 5.32 Å². The molecule has 0 atom stereocenters. The van der Waals surface area contributed by atoms with Crippen molar-refractivity contribution in [1.29, 1.82) is 0 Å². The number of hydrogen-bond donors (Lipinski definition) is 1. The molecule has 0 spiro atoms. The molecular formula is C14H10F2N2O3. The first-order chi connectivity index (χ1) is 9.97. The predicted octanol–water partition coefficient (Wildman–Crippen LogP) is 3.05. The monoisotopic (exact) mass is 292 g/mol. The maximum absolute atomic E-state index is 13.4. The number of para-hydroxylation sites is 1. The summed E-state index contributed by atoms with van der Waals surface area (Å²) < 4.78 is 26.4. The zero-order valence-electron chi connectivity index (χ0n) is 10.7. The van der Waals surface area contributed by atoms with E-state index in [4.69, 9.17) is 0 Å². The second-order valence-corrected chi connectivity index (χ2v) is 4.23. The zero-order valence-corrected chi connectivity index (χ0v) is 10.7. The quantitative estimate of drug-likeness (QED) is 0.695.